The standard InChI is InChI=1S/C28H26ClF2N3O.C27H22Cl3F2N3O.C27H23Cl3FN3O/c1-19-15-21(8-11-32-19)27(35)34-18-28(24-16-22(29)5-7-26(24)34)9-13-33(14-10-28)12-2-3-20-4-6-23(30)17-25(20)31;28-18-6-7-23-20(15-18)27(16-35(23)26(36)17-13-24(29)33-25(30)14-17)8-11-34(12-9-27)10-2-3-19-21(31)4-1-5-22(19)32;28-20-7-8-23-21(16-20)27(17-34(23)26(35)19-14-24(29)32-25(30)15-19)9-12-33(13-10-27)11-3-5-18-4-1-2-6-22(18)31/h2-8,11,15-17H,9-10,12-14,18H2,1H3;1-7,13-15H,8-12,16H2;1-8,14-16H,9-13,17H2/b2*3-2+;5-3+. The molecule has 6 aromatic carbocycles. The summed E-state index contributed by atoms with van der Waals surface area (Å²) in [5, 5.41) is 2.63. The topological polar surface area (TPSA) is 109 Å². The van der Waals surface area contributed by atoms with Crippen molar-refractivity contribution in [1.82, 2.24) is 29.7 Å². The predicted octanol–water partition coefficient (Wildman–Crippen LogP) is 19.9. The van der Waals surface area contributed by atoms with Crippen LogP contribution in [0.4, 0.5) is 39.0 Å². The highest BCUT2D eigenvalue weighted by molar-refractivity contribution is 6.34. The molecule has 3 spiro atoms. The number of halogens is 12. The number of aryl methyl sites for hydroxylation is 1. The third-order valence-corrected chi connectivity index (χ3v) is 22.5. The Morgan fingerprint density at radius 3 is 1.18 bits per heavy atom. The lowest BCUT2D eigenvalue weighted by Gasteiger charge is -2.39. The number of carbonyl (C=O) groups is 3. The molecule has 24 heteroatoms. The fraction of sp³-hybridized carbons (Fsp3) is 0.268. The zero-order valence-corrected chi connectivity index (χ0v) is 62.8. The van der Waals surface area contributed by atoms with Crippen molar-refractivity contribution in [3.63, 3.8) is 0 Å². The summed E-state index contributed by atoms with van der Waals surface area (Å²) < 4.78 is 68.7. The number of nitrogens with zero attached hydrogens (tertiary/aromatic N) is 9. The van der Waals surface area contributed by atoms with E-state index in [4.69, 9.17) is 81.2 Å². The second-order valence-electron chi connectivity index (χ2n) is 27.6. The molecule has 6 aliphatic rings. The zero-order chi connectivity index (χ0) is 74.6. The van der Waals surface area contributed by atoms with Gasteiger partial charge in [0.05, 0.1) is 0 Å². The van der Waals surface area contributed by atoms with Crippen LogP contribution in [-0.2, 0) is 16.2 Å². The lowest BCUT2D eigenvalue weighted by atomic mass is 9.74. The highest BCUT2D eigenvalue weighted by atomic mass is 35.5. The molecule has 9 heterocycles. The molecule has 546 valence electrons. The van der Waals surface area contributed by atoms with Gasteiger partial charge in [0.2, 0.25) is 0 Å². The van der Waals surface area contributed by atoms with E-state index in [-0.39, 0.29) is 66.0 Å². The van der Waals surface area contributed by atoms with Gasteiger partial charge in [-0.05, 0) is 223 Å². The highest BCUT2D eigenvalue weighted by Gasteiger charge is 2.50. The molecule has 0 atom stereocenters. The Morgan fingerprint density at radius 2 is 0.783 bits per heavy atom. The van der Waals surface area contributed by atoms with Crippen LogP contribution < -0.4 is 14.7 Å². The number of fused-ring (bicyclic) bond motifs is 6. The highest BCUT2D eigenvalue weighted by Crippen LogP contribution is 2.52. The zero-order valence-electron chi connectivity index (χ0n) is 57.5. The van der Waals surface area contributed by atoms with Crippen molar-refractivity contribution in [1.29, 1.82) is 0 Å². The molecule has 0 saturated carbocycles. The lowest BCUT2D eigenvalue weighted by Crippen LogP contribution is -2.46. The van der Waals surface area contributed by atoms with E-state index < -0.39 is 23.3 Å². The molecule has 9 aromatic rings. The predicted molar refractivity (Wildman–Crippen MR) is 415 cm³/mol. The van der Waals surface area contributed by atoms with Crippen LogP contribution in [0, 0.1) is 36.0 Å². The summed E-state index contributed by atoms with van der Waals surface area (Å²) in [6.07, 6.45) is 17.5. The molecule has 3 amide bonds. The summed E-state index contributed by atoms with van der Waals surface area (Å²) >= 11 is 43.3. The van der Waals surface area contributed by atoms with E-state index in [1.54, 1.807) is 64.5 Å². The van der Waals surface area contributed by atoms with Gasteiger partial charge in [-0.2, -0.15) is 0 Å². The molecule has 0 aliphatic carbocycles. The summed E-state index contributed by atoms with van der Waals surface area (Å²) in [5.41, 5.74) is 8.50. The monoisotopic (exact) mass is 1570 g/mol. The Morgan fingerprint density at radius 1 is 0.406 bits per heavy atom. The number of hydrogen-bond acceptors (Lipinski definition) is 9. The van der Waals surface area contributed by atoms with Crippen LogP contribution in [0.15, 0.2) is 176 Å². The second kappa shape index (κ2) is 32.8. The summed E-state index contributed by atoms with van der Waals surface area (Å²) in [6, 6.07) is 41.0. The molecule has 0 unspecified atom stereocenters. The van der Waals surface area contributed by atoms with Crippen molar-refractivity contribution in [2.24, 2.45) is 0 Å². The molecule has 0 N–H and O–H groups in total. The Bertz CT molecular complexity index is 4870. The van der Waals surface area contributed by atoms with Gasteiger partial charge in [-0.1, -0.05) is 142 Å². The smallest absolute Gasteiger partial charge is 0.258 e. The van der Waals surface area contributed by atoms with Crippen LogP contribution in [0.1, 0.15) is 109 Å². The molecular weight excluding hydrogens is 1500 g/mol. The third-order valence-electron chi connectivity index (χ3n) is 21.0. The molecule has 3 fully saturated rings. The number of carbonyl (C=O) groups excluding carboxylic acids is 3. The van der Waals surface area contributed by atoms with Gasteiger partial charge in [0, 0.05) is 139 Å². The number of benzene rings is 6. The molecule has 15 rings (SSSR count). The van der Waals surface area contributed by atoms with E-state index in [0.29, 0.717) is 75.6 Å². The second-order valence-corrected chi connectivity index (χ2v) is 30.5. The van der Waals surface area contributed by atoms with Crippen LogP contribution in [0.2, 0.25) is 35.7 Å². The number of aromatic nitrogens is 3. The first kappa shape index (κ1) is 76.2. The summed E-state index contributed by atoms with van der Waals surface area (Å²) in [5.74, 6) is -2.90. The van der Waals surface area contributed by atoms with Crippen molar-refractivity contribution in [3.8, 4) is 0 Å². The Labute approximate surface area is 647 Å². The van der Waals surface area contributed by atoms with Crippen molar-refractivity contribution < 1.29 is 36.3 Å². The first-order valence-corrected chi connectivity index (χ1v) is 37.3. The summed E-state index contributed by atoms with van der Waals surface area (Å²) in [4.78, 5) is 64.9. The van der Waals surface area contributed by atoms with Crippen LogP contribution in [0.3, 0.4) is 0 Å². The molecular formula is C82H71Cl7F5N9O3. The third kappa shape index (κ3) is 16.9. The lowest BCUT2D eigenvalue weighted by molar-refractivity contribution is 0.0970. The molecule has 3 saturated heterocycles. The Kier molecular flexibility index (Phi) is 23.6. The summed E-state index contributed by atoms with van der Waals surface area (Å²) in [7, 11) is 0. The number of pyridine rings is 3. The first-order chi connectivity index (χ1) is 50.9. The normalized spacial score (nSPS) is 17.3. The summed E-state index contributed by atoms with van der Waals surface area (Å²) in [6.45, 7) is 10.5. The number of rotatable bonds is 12. The van der Waals surface area contributed by atoms with E-state index in [1.165, 1.54) is 54.6 Å². The molecule has 0 radical (unpaired) electrons. The molecule has 6 aliphatic heterocycles. The van der Waals surface area contributed by atoms with Crippen molar-refractivity contribution in [2.75, 3.05) is 93.2 Å². The molecule has 0 bridgehead atoms. The van der Waals surface area contributed by atoms with E-state index in [0.717, 1.165) is 130 Å². The van der Waals surface area contributed by atoms with Gasteiger partial charge in [0.1, 0.15) is 49.7 Å². The largest absolute Gasteiger partial charge is 0.307 e. The van der Waals surface area contributed by atoms with Gasteiger partial charge < -0.3 is 14.7 Å². The number of anilines is 3. The van der Waals surface area contributed by atoms with Gasteiger partial charge in [-0.15, -0.1) is 0 Å². The minimum atomic E-state index is -0.579. The van der Waals surface area contributed by atoms with Gasteiger partial charge >= 0.3 is 0 Å². The van der Waals surface area contributed by atoms with Crippen LogP contribution >= 0.6 is 81.2 Å². The maximum Gasteiger partial charge on any atom is 0.258 e. The fourth-order valence-corrected chi connectivity index (χ4v) is 16.9. The first-order valence-electron chi connectivity index (χ1n) is 34.7. The maximum absolute atomic E-state index is 13.9. The van der Waals surface area contributed by atoms with Gasteiger partial charge in [0.15, 0.2) is 0 Å². The Balaban J connectivity index is 0.000000141. The van der Waals surface area contributed by atoms with Crippen LogP contribution in [0.5, 0.6) is 0 Å². The van der Waals surface area contributed by atoms with Crippen molar-refractivity contribution >= 4 is 134 Å². The fourth-order valence-electron chi connectivity index (χ4n) is 15.5. The number of hydrogen-bond donors (Lipinski definition) is 0. The number of amides is 3. The maximum atomic E-state index is 13.9. The van der Waals surface area contributed by atoms with E-state index in [2.05, 4.69) is 29.7 Å². The van der Waals surface area contributed by atoms with Crippen molar-refractivity contribution in [3.05, 3.63) is 297 Å². The average molecular weight is 1570 g/mol. The molecule has 12 nitrogen and oxygen atoms in total. The van der Waals surface area contributed by atoms with E-state index >= 15 is 0 Å². The SMILES string of the molecule is Cc1cc(C(=O)N2CC3(CCN(C/C=C/c4ccc(F)cc4F)CC3)c3cc(Cl)ccc32)ccn1.O=C(c1cc(Cl)nc(Cl)c1)N1CC2(CCN(C/C=C/c3c(F)cccc3F)CC2)c2cc(Cl)ccc21.O=C(c1cc(Cl)nc(Cl)c1)N1CC2(CCN(C/C=C/c3ccccc3F)CC2)c2cc(Cl)ccc21. The Hall–Kier alpha value is -8.04. The average Bonchev–Trinajstić information content (AvgIpc) is 1.60. The van der Waals surface area contributed by atoms with Crippen LogP contribution in [-0.4, -0.2) is 126 Å². The van der Waals surface area contributed by atoms with Gasteiger partial charge in [-0.25, -0.2) is 31.9 Å². The quantitative estimate of drug-likeness (QED) is 0.0872. The minimum Gasteiger partial charge on any atom is -0.307 e. The van der Waals surface area contributed by atoms with Crippen LogP contribution in [0.25, 0.3) is 18.2 Å². The number of likely N-dealkylation sites (tertiary alicyclic amines) is 3. The molecule has 106 heavy (non-hydrogen) atoms. The van der Waals surface area contributed by atoms with E-state index in [1.807, 2.05) is 90.7 Å². The minimum absolute atomic E-state index is 0.0253. The van der Waals surface area contributed by atoms with Crippen molar-refractivity contribution in [2.45, 2.75) is 61.7 Å². The van der Waals surface area contributed by atoms with Gasteiger partial charge in [-0.3, -0.25) is 34.1 Å². The molecule has 3 aromatic heterocycles. The number of piperidine rings is 3. The van der Waals surface area contributed by atoms with Gasteiger partial charge in [0.25, 0.3) is 17.7 Å². The van der Waals surface area contributed by atoms with E-state index in [9.17, 15) is 36.3 Å².